The van der Waals surface area contributed by atoms with Crippen LogP contribution in [0.1, 0.15) is 27.8 Å². The summed E-state index contributed by atoms with van der Waals surface area (Å²) in [4.78, 5) is 26.7. The van der Waals surface area contributed by atoms with E-state index in [2.05, 4.69) is 10.3 Å². The van der Waals surface area contributed by atoms with Crippen LogP contribution in [-0.2, 0) is 0 Å². The fourth-order valence-electron chi connectivity index (χ4n) is 2.29. The molecule has 0 saturated heterocycles. The fourth-order valence-corrected chi connectivity index (χ4v) is 2.29. The summed E-state index contributed by atoms with van der Waals surface area (Å²) in [7, 11) is 0. The number of nitrogens with one attached hydrogen (secondary N) is 2. The number of H-pyrrole nitrogens is 1. The summed E-state index contributed by atoms with van der Waals surface area (Å²) >= 11 is 0. The third-order valence-corrected chi connectivity index (χ3v) is 3.41. The van der Waals surface area contributed by atoms with Gasteiger partial charge in [-0.25, -0.2) is 0 Å². The summed E-state index contributed by atoms with van der Waals surface area (Å²) in [5.74, 6) is -0.674. The molecule has 1 aromatic heterocycles. The minimum absolute atomic E-state index is 0.101. The summed E-state index contributed by atoms with van der Waals surface area (Å²) in [6, 6.07) is 13.7. The molecule has 0 spiro atoms. The van der Waals surface area contributed by atoms with Gasteiger partial charge in [-0.15, -0.1) is 0 Å². The van der Waals surface area contributed by atoms with Crippen molar-refractivity contribution in [1.82, 2.24) is 4.98 Å². The molecule has 5 heteroatoms. The number of hydrogen-bond donors (Lipinski definition) is 3. The van der Waals surface area contributed by atoms with Crippen molar-refractivity contribution >= 4 is 28.3 Å². The molecule has 0 aliphatic rings. The average Bonchev–Trinajstić information content (AvgIpc) is 2.93. The van der Waals surface area contributed by atoms with Crippen molar-refractivity contribution in [3.05, 3.63) is 59.8 Å². The Morgan fingerprint density at radius 3 is 2.59 bits per heavy atom. The molecule has 1 amide bonds. The third kappa shape index (κ3) is 2.56. The van der Waals surface area contributed by atoms with Crippen molar-refractivity contribution in [2.24, 2.45) is 0 Å². The number of anilines is 1. The number of para-hydroxylation sites is 1. The zero-order chi connectivity index (χ0) is 15.7. The normalized spacial score (nSPS) is 10.6. The van der Waals surface area contributed by atoms with Gasteiger partial charge in [0.05, 0.1) is 5.56 Å². The van der Waals surface area contributed by atoms with E-state index in [-0.39, 0.29) is 23.0 Å². The van der Waals surface area contributed by atoms with E-state index in [0.29, 0.717) is 11.4 Å². The lowest BCUT2D eigenvalue weighted by Crippen LogP contribution is -2.12. The Hall–Kier alpha value is -3.08. The monoisotopic (exact) mass is 294 g/mol. The van der Waals surface area contributed by atoms with Crippen LogP contribution in [0.3, 0.4) is 0 Å². The summed E-state index contributed by atoms with van der Waals surface area (Å²) in [6.07, 6.45) is 0. The van der Waals surface area contributed by atoms with Crippen LogP contribution in [0.25, 0.3) is 10.9 Å². The van der Waals surface area contributed by atoms with Crippen molar-refractivity contribution < 1.29 is 14.7 Å². The summed E-state index contributed by atoms with van der Waals surface area (Å²) in [5, 5.41) is 13.3. The van der Waals surface area contributed by atoms with Gasteiger partial charge in [0.2, 0.25) is 0 Å². The van der Waals surface area contributed by atoms with Crippen molar-refractivity contribution in [2.75, 3.05) is 5.32 Å². The van der Waals surface area contributed by atoms with E-state index in [1.807, 2.05) is 24.3 Å². The first-order valence-electron chi connectivity index (χ1n) is 6.77. The van der Waals surface area contributed by atoms with Crippen LogP contribution in [-0.4, -0.2) is 21.8 Å². The van der Waals surface area contributed by atoms with Crippen LogP contribution < -0.4 is 5.32 Å². The number of amides is 1. The van der Waals surface area contributed by atoms with Gasteiger partial charge in [-0.1, -0.05) is 18.2 Å². The molecule has 22 heavy (non-hydrogen) atoms. The number of Topliss-reactive ketones (excluding diaryl/α,β-unsaturated/α-hetero) is 1. The molecule has 0 unspecified atom stereocenters. The molecule has 0 aliphatic heterocycles. The maximum Gasteiger partial charge on any atom is 0.272 e. The van der Waals surface area contributed by atoms with Crippen molar-refractivity contribution in [1.29, 1.82) is 0 Å². The number of carbonyl (C=O) groups is 2. The molecule has 110 valence electrons. The van der Waals surface area contributed by atoms with Crippen LogP contribution in [0.15, 0.2) is 48.5 Å². The zero-order valence-electron chi connectivity index (χ0n) is 11.9. The van der Waals surface area contributed by atoms with E-state index in [0.717, 1.165) is 10.9 Å². The van der Waals surface area contributed by atoms with Crippen LogP contribution in [0.4, 0.5) is 5.69 Å². The Morgan fingerprint density at radius 1 is 1.09 bits per heavy atom. The lowest BCUT2D eigenvalue weighted by Gasteiger charge is -2.06. The number of hydrogen-bond acceptors (Lipinski definition) is 3. The molecule has 5 nitrogen and oxygen atoms in total. The van der Waals surface area contributed by atoms with Gasteiger partial charge < -0.3 is 15.4 Å². The van der Waals surface area contributed by atoms with Crippen molar-refractivity contribution in [3.8, 4) is 5.75 Å². The molecule has 3 aromatic rings. The molecule has 0 radical (unpaired) electrons. The van der Waals surface area contributed by atoms with Crippen LogP contribution in [0.2, 0.25) is 0 Å². The highest BCUT2D eigenvalue weighted by Gasteiger charge is 2.12. The predicted molar refractivity (Wildman–Crippen MR) is 84.4 cm³/mol. The van der Waals surface area contributed by atoms with Gasteiger partial charge in [0.1, 0.15) is 11.4 Å². The molecule has 0 saturated carbocycles. The number of ketones is 1. The lowest BCUT2D eigenvalue weighted by molar-refractivity contribution is 0.100. The van der Waals surface area contributed by atoms with Crippen molar-refractivity contribution in [2.45, 2.75) is 6.92 Å². The SMILES string of the molecule is CC(=O)c1cc(NC(=O)c2cc3ccccc3[nH]2)ccc1O. The first-order chi connectivity index (χ1) is 10.5. The molecule has 0 aliphatic carbocycles. The first kappa shape index (κ1) is 13.9. The van der Waals surface area contributed by atoms with Gasteiger partial charge in [0.25, 0.3) is 5.91 Å². The van der Waals surface area contributed by atoms with Gasteiger partial charge in [-0.3, -0.25) is 9.59 Å². The topological polar surface area (TPSA) is 82.2 Å². The lowest BCUT2D eigenvalue weighted by atomic mass is 10.1. The number of phenolic OH excluding ortho intramolecular Hbond substituents is 1. The molecule has 3 rings (SSSR count). The van der Waals surface area contributed by atoms with E-state index in [9.17, 15) is 14.7 Å². The summed E-state index contributed by atoms with van der Waals surface area (Å²) < 4.78 is 0. The van der Waals surface area contributed by atoms with Crippen LogP contribution in [0, 0.1) is 0 Å². The maximum absolute atomic E-state index is 12.3. The molecule has 3 N–H and O–H groups in total. The number of fused-ring (bicyclic) bond motifs is 1. The Morgan fingerprint density at radius 2 is 1.86 bits per heavy atom. The molecular formula is C17H14N2O3. The second-order valence-electron chi connectivity index (χ2n) is 5.01. The highest BCUT2D eigenvalue weighted by atomic mass is 16.3. The molecule has 0 atom stereocenters. The highest BCUT2D eigenvalue weighted by molar-refractivity contribution is 6.06. The quantitative estimate of drug-likeness (QED) is 0.512. The number of aromatic amines is 1. The second kappa shape index (κ2) is 5.37. The van der Waals surface area contributed by atoms with E-state index < -0.39 is 0 Å². The Bertz CT molecular complexity index is 847. The van der Waals surface area contributed by atoms with Gasteiger partial charge in [-0.2, -0.15) is 0 Å². The molecular weight excluding hydrogens is 280 g/mol. The summed E-state index contributed by atoms with van der Waals surface area (Å²) in [6.45, 7) is 1.36. The number of rotatable bonds is 3. The highest BCUT2D eigenvalue weighted by Crippen LogP contribution is 2.23. The Balaban J connectivity index is 1.87. The minimum atomic E-state index is -0.309. The van der Waals surface area contributed by atoms with Gasteiger partial charge in [-0.05, 0) is 37.3 Å². The van der Waals surface area contributed by atoms with Gasteiger partial charge in [0, 0.05) is 16.6 Å². The predicted octanol–water partition coefficient (Wildman–Crippen LogP) is 3.33. The zero-order valence-corrected chi connectivity index (χ0v) is 11.9. The summed E-state index contributed by atoms with van der Waals surface area (Å²) in [5.41, 5.74) is 1.93. The molecule has 0 fully saturated rings. The Kier molecular flexibility index (Phi) is 3.39. The average molecular weight is 294 g/mol. The van der Waals surface area contributed by atoms with Crippen LogP contribution >= 0.6 is 0 Å². The minimum Gasteiger partial charge on any atom is -0.507 e. The molecule has 2 aromatic carbocycles. The van der Waals surface area contributed by atoms with Gasteiger partial charge in [0.15, 0.2) is 5.78 Å². The number of aromatic hydroxyl groups is 1. The second-order valence-corrected chi connectivity index (χ2v) is 5.01. The van der Waals surface area contributed by atoms with Gasteiger partial charge >= 0.3 is 0 Å². The van der Waals surface area contributed by atoms with Crippen molar-refractivity contribution in [3.63, 3.8) is 0 Å². The smallest absolute Gasteiger partial charge is 0.272 e. The maximum atomic E-state index is 12.3. The molecule has 0 bridgehead atoms. The number of benzene rings is 2. The number of aromatic nitrogens is 1. The number of phenols is 1. The standard InChI is InChI=1S/C17H14N2O3/c1-10(20)13-9-12(6-7-16(13)21)18-17(22)15-8-11-4-2-3-5-14(11)19-15/h2-9,19,21H,1H3,(H,18,22). The Labute approximate surface area is 126 Å². The fraction of sp³-hybridized carbons (Fsp3) is 0.0588. The molecule has 1 heterocycles. The largest absolute Gasteiger partial charge is 0.507 e. The van der Waals surface area contributed by atoms with Crippen LogP contribution in [0.5, 0.6) is 5.75 Å². The van der Waals surface area contributed by atoms with E-state index in [1.165, 1.54) is 19.1 Å². The third-order valence-electron chi connectivity index (χ3n) is 3.41. The van der Waals surface area contributed by atoms with E-state index >= 15 is 0 Å². The van der Waals surface area contributed by atoms with E-state index in [1.54, 1.807) is 12.1 Å². The van der Waals surface area contributed by atoms with E-state index in [4.69, 9.17) is 0 Å². The number of carbonyl (C=O) groups excluding carboxylic acids is 2. The first-order valence-corrected chi connectivity index (χ1v) is 6.77.